The minimum absolute atomic E-state index is 0.374. The first-order valence-electron chi connectivity index (χ1n) is 10.1. The zero-order valence-electron chi connectivity index (χ0n) is 15.5. The van der Waals surface area contributed by atoms with Gasteiger partial charge in [0.25, 0.3) is 0 Å². The fraction of sp³-hybridized carbons (Fsp3) is 0.500. The summed E-state index contributed by atoms with van der Waals surface area (Å²) >= 11 is 0. The van der Waals surface area contributed by atoms with Crippen LogP contribution in [0.2, 0.25) is 0 Å². The lowest BCUT2D eigenvalue weighted by Gasteiger charge is -2.31. The van der Waals surface area contributed by atoms with Crippen molar-refractivity contribution < 1.29 is 0 Å². The third-order valence-corrected chi connectivity index (χ3v) is 5.88. The van der Waals surface area contributed by atoms with Crippen molar-refractivity contribution in [3.05, 3.63) is 65.0 Å². The Morgan fingerprint density at radius 2 is 2.08 bits per heavy atom. The quantitative estimate of drug-likeness (QED) is 0.716. The first-order chi connectivity index (χ1) is 12.8. The molecule has 0 amide bonds. The molecule has 2 aliphatic rings. The largest absolute Gasteiger partial charge is 0.330 e. The number of nitrogens with two attached hydrogens (primary N) is 1. The molecule has 0 saturated heterocycles. The maximum atomic E-state index is 5.82. The molecule has 4 N–H and O–H groups in total. The van der Waals surface area contributed by atoms with Crippen molar-refractivity contribution in [1.29, 1.82) is 0 Å². The summed E-state index contributed by atoms with van der Waals surface area (Å²) in [5.41, 5.74) is 11.4. The zero-order valence-corrected chi connectivity index (χ0v) is 15.5. The first-order valence-corrected chi connectivity index (χ1v) is 10.1. The van der Waals surface area contributed by atoms with Gasteiger partial charge in [0.1, 0.15) is 0 Å². The van der Waals surface area contributed by atoms with Crippen LogP contribution in [-0.2, 0) is 13.0 Å². The molecule has 0 bridgehead atoms. The highest BCUT2D eigenvalue weighted by molar-refractivity contribution is 5.34. The third kappa shape index (κ3) is 3.83. The highest BCUT2D eigenvalue weighted by atomic mass is 15.0. The minimum atomic E-state index is 0.374. The second-order valence-corrected chi connectivity index (χ2v) is 7.66. The monoisotopic (exact) mass is 350 g/mol. The van der Waals surface area contributed by atoms with Crippen LogP contribution < -0.4 is 16.4 Å². The Bertz CT molecular complexity index is 730. The highest BCUT2D eigenvalue weighted by Crippen LogP contribution is 2.32. The van der Waals surface area contributed by atoms with E-state index in [1.807, 2.05) is 6.20 Å². The third-order valence-electron chi connectivity index (χ3n) is 5.88. The Morgan fingerprint density at radius 1 is 1.19 bits per heavy atom. The van der Waals surface area contributed by atoms with Crippen LogP contribution in [0.25, 0.3) is 0 Å². The molecule has 1 aliphatic carbocycles. The Balaban J connectivity index is 1.48. The molecule has 4 nitrogen and oxygen atoms in total. The number of benzene rings is 1. The second kappa shape index (κ2) is 8.30. The number of pyridine rings is 1. The average molecular weight is 351 g/mol. The lowest BCUT2D eigenvalue weighted by atomic mass is 9.90. The fourth-order valence-corrected chi connectivity index (χ4v) is 4.56. The van der Waals surface area contributed by atoms with Crippen LogP contribution in [0.5, 0.6) is 0 Å². The number of hydrogen-bond acceptors (Lipinski definition) is 4. The summed E-state index contributed by atoms with van der Waals surface area (Å²) in [4.78, 5) is 4.70. The molecule has 1 unspecified atom stereocenters. The number of fused-ring (bicyclic) bond motifs is 2. The first kappa shape index (κ1) is 17.7. The number of rotatable bonds is 7. The molecule has 138 valence electrons. The molecule has 0 radical (unpaired) electrons. The van der Waals surface area contributed by atoms with E-state index in [1.165, 1.54) is 35.2 Å². The maximum absolute atomic E-state index is 5.82. The van der Waals surface area contributed by atoms with E-state index in [4.69, 9.17) is 10.7 Å². The van der Waals surface area contributed by atoms with E-state index in [-0.39, 0.29) is 0 Å². The van der Waals surface area contributed by atoms with Gasteiger partial charge in [0.15, 0.2) is 0 Å². The standard InChI is InChI=1S/C22H30N4/c23-12-4-9-18(14-21-19-10-2-1-6-17(19)15-25-21)26-20-11-3-7-16-8-5-13-24-22(16)20/h1-2,5-6,8,10,13,18,20-21,25-26H,3-4,7,9,11-12,14-15,23H2/t18?,20-,21+/m0/s1. The van der Waals surface area contributed by atoms with Crippen LogP contribution in [0.4, 0.5) is 0 Å². The van der Waals surface area contributed by atoms with Crippen LogP contribution in [0, 0.1) is 0 Å². The molecule has 1 aromatic heterocycles. The van der Waals surface area contributed by atoms with E-state index in [1.54, 1.807) is 0 Å². The van der Waals surface area contributed by atoms with Gasteiger partial charge in [0, 0.05) is 30.9 Å². The maximum Gasteiger partial charge on any atom is 0.0605 e. The van der Waals surface area contributed by atoms with Crippen molar-refractivity contribution in [3.63, 3.8) is 0 Å². The lowest BCUT2D eigenvalue weighted by molar-refractivity contribution is 0.329. The van der Waals surface area contributed by atoms with Crippen molar-refractivity contribution in [2.45, 2.75) is 63.2 Å². The number of hydrogen-bond donors (Lipinski definition) is 3. The molecule has 3 atom stereocenters. The molecular formula is C22H30N4. The van der Waals surface area contributed by atoms with Gasteiger partial charge in [0.2, 0.25) is 0 Å². The zero-order chi connectivity index (χ0) is 17.8. The Kier molecular flexibility index (Phi) is 5.63. The molecule has 1 aliphatic heterocycles. The number of aryl methyl sites for hydroxylation is 1. The van der Waals surface area contributed by atoms with Gasteiger partial charge in [-0.2, -0.15) is 0 Å². The van der Waals surface area contributed by atoms with E-state index in [0.29, 0.717) is 18.1 Å². The summed E-state index contributed by atoms with van der Waals surface area (Å²) in [7, 11) is 0. The summed E-state index contributed by atoms with van der Waals surface area (Å²) < 4.78 is 0. The smallest absolute Gasteiger partial charge is 0.0605 e. The Labute approximate surface area is 156 Å². The van der Waals surface area contributed by atoms with Crippen molar-refractivity contribution in [2.24, 2.45) is 5.73 Å². The molecule has 0 fully saturated rings. The highest BCUT2D eigenvalue weighted by Gasteiger charge is 2.28. The lowest BCUT2D eigenvalue weighted by Crippen LogP contribution is -2.37. The molecule has 26 heavy (non-hydrogen) atoms. The van der Waals surface area contributed by atoms with Crippen LogP contribution in [0.15, 0.2) is 42.6 Å². The van der Waals surface area contributed by atoms with Gasteiger partial charge in [-0.1, -0.05) is 30.3 Å². The van der Waals surface area contributed by atoms with Gasteiger partial charge in [-0.05, 0) is 67.8 Å². The van der Waals surface area contributed by atoms with Gasteiger partial charge in [-0.3, -0.25) is 4.98 Å². The van der Waals surface area contributed by atoms with Gasteiger partial charge < -0.3 is 16.4 Å². The molecule has 4 rings (SSSR count). The van der Waals surface area contributed by atoms with E-state index in [9.17, 15) is 0 Å². The van der Waals surface area contributed by atoms with Crippen LogP contribution in [0.3, 0.4) is 0 Å². The Morgan fingerprint density at radius 3 is 3.00 bits per heavy atom. The second-order valence-electron chi connectivity index (χ2n) is 7.66. The van der Waals surface area contributed by atoms with Crippen molar-refractivity contribution in [3.8, 4) is 0 Å². The van der Waals surface area contributed by atoms with E-state index < -0.39 is 0 Å². The molecule has 2 aromatic rings. The van der Waals surface area contributed by atoms with Crippen molar-refractivity contribution >= 4 is 0 Å². The molecule has 0 saturated carbocycles. The van der Waals surface area contributed by atoms with Gasteiger partial charge in [-0.25, -0.2) is 0 Å². The van der Waals surface area contributed by atoms with Crippen molar-refractivity contribution in [1.82, 2.24) is 15.6 Å². The molecular weight excluding hydrogens is 320 g/mol. The number of aromatic nitrogens is 1. The summed E-state index contributed by atoms with van der Waals surface area (Å²) in [6.07, 6.45) is 8.80. The van der Waals surface area contributed by atoms with E-state index in [0.717, 1.165) is 38.8 Å². The Hall–Kier alpha value is -1.75. The summed E-state index contributed by atoms with van der Waals surface area (Å²) in [6.45, 7) is 1.74. The predicted octanol–water partition coefficient (Wildman–Crippen LogP) is 3.39. The van der Waals surface area contributed by atoms with Crippen molar-refractivity contribution in [2.75, 3.05) is 6.54 Å². The van der Waals surface area contributed by atoms with Crippen LogP contribution >= 0.6 is 0 Å². The fourth-order valence-electron chi connectivity index (χ4n) is 4.56. The topological polar surface area (TPSA) is 63.0 Å². The summed E-state index contributed by atoms with van der Waals surface area (Å²) in [5.74, 6) is 0. The normalized spacial score (nSPS) is 22.7. The number of nitrogens with one attached hydrogen (secondary N) is 2. The minimum Gasteiger partial charge on any atom is -0.330 e. The van der Waals surface area contributed by atoms with E-state index >= 15 is 0 Å². The SMILES string of the molecule is NCCCC(C[C@H]1NCc2ccccc21)N[C@H]1CCCc2cccnc21. The summed E-state index contributed by atoms with van der Waals surface area (Å²) in [5, 5.41) is 7.65. The molecule has 0 spiro atoms. The average Bonchev–Trinajstić information content (AvgIpc) is 3.09. The number of nitrogens with zero attached hydrogens (tertiary/aromatic N) is 1. The van der Waals surface area contributed by atoms with E-state index in [2.05, 4.69) is 47.0 Å². The van der Waals surface area contributed by atoms with Gasteiger partial charge in [-0.15, -0.1) is 0 Å². The van der Waals surface area contributed by atoms with Crippen LogP contribution in [0.1, 0.15) is 66.6 Å². The predicted molar refractivity (Wildman–Crippen MR) is 106 cm³/mol. The summed E-state index contributed by atoms with van der Waals surface area (Å²) in [6, 6.07) is 14.4. The van der Waals surface area contributed by atoms with Gasteiger partial charge >= 0.3 is 0 Å². The molecule has 1 aromatic carbocycles. The molecule has 4 heteroatoms. The van der Waals surface area contributed by atoms with Gasteiger partial charge in [0.05, 0.1) is 5.69 Å². The molecule has 2 heterocycles. The van der Waals surface area contributed by atoms with Crippen LogP contribution in [-0.4, -0.2) is 17.6 Å².